The van der Waals surface area contributed by atoms with Gasteiger partial charge in [0, 0.05) is 16.6 Å². The fourth-order valence-electron chi connectivity index (χ4n) is 2.39. The Morgan fingerprint density at radius 3 is 2.74 bits per heavy atom. The normalized spacial score (nSPS) is 23.1. The van der Waals surface area contributed by atoms with Crippen LogP contribution < -0.4 is 11.1 Å². The molecule has 5 heteroatoms. The Hall–Kier alpha value is -0.940. The van der Waals surface area contributed by atoms with Crippen molar-refractivity contribution in [2.45, 2.75) is 44.2 Å². The van der Waals surface area contributed by atoms with Crippen molar-refractivity contribution in [1.29, 1.82) is 0 Å². The molecule has 1 aromatic rings. The molecule has 19 heavy (non-hydrogen) atoms. The van der Waals surface area contributed by atoms with Crippen LogP contribution in [0.25, 0.3) is 0 Å². The summed E-state index contributed by atoms with van der Waals surface area (Å²) in [7, 11) is 0. The monoisotopic (exact) mass is 328 g/mol. The first-order valence-electron chi connectivity index (χ1n) is 6.53. The summed E-state index contributed by atoms with van der Waals surface area (Å²) >= 11 is 3.28. The first-order valence-corrected chi connectivity index (χ1v) is 7.33. The van der Waals surface area contributed by atoms with Crippen molar-refractivity contribution in [2.24, 2.45) is 5.73 Å². The van der Waals surface area contributed by atoms with Gasteiger partial charge in [-0.05, 0) is 49.4 Å². The smallest absolute Gasteiger partial charge is 0.224 e. The van der Waals surface area contributed by atoms with Crippen molar-refractivity contribution in [2.75, 3.05) is 0 Å². The standard InChI is InChI=1S/C14H18BrFN2O/c15-10-1-6-13(16)9(7-10)8-14(19)18-12-4-2-11(17)3-5-12/h1,6-7,11-12H,2-5,8,17H2,(H,18,19). The highest BCUT2D eigenvalue weighted by atomic mass is 79.9. The highest BCUT2D eigenvalue weighted by Gasteiger charge is 2.20. The van der Waals surface area contributed by atoms with E-state index < -0.39 is 0 Å². The molecule has 1 fully saturated rings. The average Bonchev–Trinajstić information content (AvgIpc) is 2.37. The zero-order valence-corrected chi connectivity index (χ0v) is 12.2. The van der Waals surface area contributed by atoms with E-state index in [9.17, 15) is 9.18 Å². The zero-order valence-electron chi connectivity index (χ0n) is 10.7. The first kappa shape index (κ1) is 14.5. The van der Waals surface area contributed by atoms with Crippen molar-refractivity contribution in [3.8, 4) is 0 Å². The third-order valence-corrected chi connectivity index (χ3v) is 3.99. The number of benzene rings is 1. The maximum Gasteiger partial charge on any atom is 0.224 e. The molecule has 3 N–H and O–H groups in total. The van der Waals surface area contributed by atoms with Gasteiger partial charge in [0.15, 0.2) is 0 Å². The van der Waals surface area contributed by atoms with Crippen molar-refractivity contribution in [3.05, 3.63) is 34.1 Å². The molecule has 1 aliphatic rings. The maximum atomic E-state index is 13.5. The molecule has 1 aliphatic carbocycles. The second kappa shape index (κ2) is 6.48. The van der Waals surface area contributed by atoms with Crippen LogP contribution in [-0.2, 0) is 11.2 Å². The molecule has 0 radical (unpaired) electrons. The van der Waals surface area contributed by atoms with E-state index in [1.165, 1.54) is 6.07 Å². The minimum Gasteiger partial charge on any atom is -0.353 e. The van der Waals surface area contributed by atoms with Gasteiger partial charge in [0.2, 0.25) is 5.91 Å². The van der Waals surface area contributed by atoms with Gasteiger partial charge in [-0.1, -0.05) is 15.9 Å². The van der Waals surface area contributed by atoms with Crippen LogP contribution in [0.3, 0.4) is 0 Å². The minimum absolute atomic E-state index is 0.0772. The molecule has 0 unspecified atom stereocenters. The third-order valence-electron chi connectivity index (χ3n) is 3.50. The Morgan fingerprint density at radius 2 is 2.05 bits per heavy atom. The molecule has 0 heterocycles. The van der Waals surface area contributed by atoms with Gasteiger partial charge in [-0.3, -0.25) is 4.79 Å². The lowest BCUT2D eigenvalue weighted by molar-refractivity contribution is -0.121. The molecule has 0 atom stereocenters. The molecule has 0 saturated heterocycles. The van der Waals surface area contributed by atoms with Crippen LogP contribution in [0.15, 0.2) is 22.7 Å². The van der Waals surface area contributed by atoms with Gasteiger partial charge in [0.25, 0.3) is 0 Å². The van der Waals surface area contributed by atoms with Crippen LogP contribution in [0.4, 0.5) is 4.39 Å². The van der Waals surface area contributed by atoms with Gasteiger partial charge < -0.3 is 11.1 Å². The van der Waals surface area contributed by atoms with Gasteiger partial charge in [0.1, 0.15) is 5.82 Å². The number of nitrogens with one attached hydrogen (secondary N) is 1. The summed E-state index contributed by atoms with van der Waals surface area (Å²) in [5, 5.41) is 2.96. The molecule has 104 valence electrons. The summed E-state index contributed by atoms with van der Waals surface area (Å²) in [6.45, 7) is 0. The van der Waals surface area contributed by atoms with Crippen molar-refractivity contribution >= 4 is 21.8 Å². The summed E-state index contributed by atoms with van der Waals surface area (Å²) in [5.41, 5.74) is 6.24. The van der Waals surface area contributed by atoms with E-state index in [0.717, 1.165) is 30.2 Å². The summed E-state index contributed by atoms with van der Waals surface area (Å²) < 4.78 is 14.3. The van der Waals surface area contributed by atoms with E-state index in [-0.39, 0.29) is 30.2 Å². The number of rotatable bonds is 3. The topological polar surface area (TPSA) is 55.1 Å². The van der Waals surface area contributed by atoms with E-state index in [1.54, 1.807) is 12.1 Å². The van der Waals surface area contributed by atoms with Crippen LogP contribution in [0.2, 0.25) is 0 Å². The molecule has 1 saturated carbocycles. The van der Waals surface area contributed by atoms with E-state index in [4.69, 9.17) is 5.73 Å². The van der Waals surface area contributed by atoms with Crippen LogP contribution >= 0.6 is 15.9 Å². The molecule has 3 nitrogen and oxygen atoms in total. The Labute approximate surface area is 120 Å². The molecule has 1 aromatic carbocycles. The highest BCUT2D eigenvalue weighted by Crippen LogP contribution is 2.18. The molecule has 0 aliphatic heterocycles. The minimum atomic E-state index is -0.344. The Bertz CT molecular complexity index is 459. The fourth-order valence-corrected chi connectivity index (χ4v) is 2.80. The largest absolute Gasteiger partial charge is 0.353 e. The number of carbonyl (C=O) groups excluding carboxylic acids is 1. The predicted molar refractivity (Wildman–Crippen MR) is 76.2 cm³/mol. The first-order chi connectivity index (χ1) is 9.04. The molecule has 1 amide bonds. The molecular weight excluding hydrogens is 311 g/mol. The second-order valence-electron chi connectivity index (χ2n) is 5.09. The van der Waals surface area contributed by atoms with Crippen LogP contribution in [-0.4, -0.2) is 18.0 Å². The van der Waals surface area contributed by atoms with Crippen LogP contribution in [0.1, 0.15) is 31.2 Å². The molecule has 0 aromatic heterocycles. The number of hydrogen-bond acceptors (Lipinski definition) is 2. The van der Waals surface area contributed by atoms with Crippen LogP contribution in [0.5, 0.6) is 0 Å². The predicted octanol–water partition coefficient (Wildman–Crippen LogP) is 2.52. The maximum absolute atomic E-state index is 13.5. The quantitative estimate of drug-likeness (QED) is 0.895. The van der Waals surface area contributed by atoms with Gasteiger partial charge in [-0.25, -0.2) is 4.39 Å². The van der Waals surface area contributed by atoms with Crippen molar-refractivity contribution in [3.63, 3.8) is 0 Å². The van der Waals surface area contributed by atoms with Crippen molar-refractivity contribution in [1.82, 2.24) is 5.32 Å². The number of carbonyl (C=O) groups is 1. The summed E-state index contributed by atoms with van der Waals surface area (Å²) in [6.07, 6.45) is 3.78. The lowest BCUT2D eigenvalue weighted by Crippen LogP contribution is -2.41. The molecular formula is C14H18BrFN2O. The molecule has 0 bridgehead atoms. The number of amides is 1. The third kappa shape index (κ3) is 4.28. The number of halogens is 2. The second-order valence-corrected chi connectivity index (χ2v) is 6.01. The van der Waals surface area contributed by atoms with E-state index in [1.807, 2.05) is 0 Å². The Morgan fingerprint density at radius 1 is 1.37 bits per heavy atom. The molecule has 2 rings (SSSR count). The Kier molecular flexibility index (Phi) is 4.93. The fraction of sp³-hybridized carbons (Fsp3) is 0.500. The van der Waals surface area contributed by atoms with E-state index in [2.05, 4.69) is 21.2 Å². The molecule has 0 spiro atoms. The number of hydrogen-bond donors (Lipinski definition) is 2. The zero-order chi connectivity index (χ0) is 13.8. The number of nitrogens with two attached hydrogens (primary N) is 1. The van der Waals surface area contributed by atoms with Crippen LogP contribution in [0, 0.1) is 5.82 Å². The van der Waals surface area contributed by atoms with E-state index >= 15 is 0 Å². The lowest BCUT2D eigenvalue weighted by atomic mass is 9.91. The van der Waals surface area contributed by atoms with Gasteiger partial charge in [0.05, 0.1) is 6.42 Å². The van der Waals surface area contributed by atoms with Gasteiger partial charge in [-0.15, -0.1) is 0 Å². The average molecular weight is 329 g/mol. The van der Waals surface area contributed by atoms with Gasteiger partial charge in [-0.2, -0.15) is 0 Å². The van der Waals surface area contributed by atoms with E-state index in [0.29, 0.717) is 5.56 Å². The van der Waals surface area contributed by atoms with Crippen molar-refractivity contribution < 1.29 is 9.18 Å². The SMILES string of the molecule is NC1CCC(NC(=O)Cc2cc(Br)ccc2F)CC1. The van der Waals surface area contributed by atoms with Gasteiger partial charge >= 0.3 is 0 Å². The summed E-state index contributed by atoms with van der Waals surface area (Å²) in [4.78, 5) is 11.9. The summed E-state index contributed by atoms with van der Waals surface area (Å²) in [5.74, 6) is -0.471. The Balaban J connectivity index is 1.89. The highest BCUT2D eigenvalue weighted by molar-refractivity contribution is 9.10. The lowest BCUT2D eigenvalue weighted by Gasteiger charge is -2.26. The summed E-state index contributed by atoms with van der Waals surface area (Å²) in [6, 6.07) is 5.08.